The molecule has 22 heteroatoms. The van der Waals surface area contributed by atoms with E-state index in [4.69, 9.17) is 23.2 Å². The smallest absolute Gasteiger partial charge is 0.101 e. The first-order chi connectivity index (χ1) is 59.5. The highest BCUT2D eigenvalue weighted by Gasteiger charge is 2.26. The van der Waals surface area contributed by atoms with Crippen LogP contribution in [0.2, 0.25) is 0 Å². The summed E-state index contributed by atoms with van der Waals surface area (Å²) in [6.45, 7) is 0. The molecule has 0 bridgehead atoms. The molecule has 0 saturated carbocycles. The van der Waals surface area contributed by atoms with Crippen molar-refractivity contribution < 1.29 is 0 Å². The van der Waals surface area contributed by atoms with Crippen molar-refractivity contribution in [3.05, 3.63) is 285 Å². The van der Waals surface area contributed by atoms with Crippen molar-refractivity contribution in [3.63, 3.8) is 0 Å². The number of nitrogens with zero attached hydrogens (tertiary/aromatic N) is 20. The monoisotopic (exact) mass is 1660 g/mol. The number of anilines is 8. The fraction of sp³-hybridized carbons (Fsp3) is 0.176. The van der Waals surface area contributed by atoms with Gasteiger partial charge in [-0.1, -0.05) is 97.1 Å². The van der Waals surface area contributed by atoms with E-state index in [1.807, 2.05) is 346 Å². The molecule has 12 aromatic carbocycles. The SMILES string of the molecule is CN(C)c1ccc(-c2cc(C#N)c(C#N)c(-c3ccc(N(C)C)cc3)c2C#N)cc1.CN(C)c1ccc(-c2cc(C#N)c(C#N)c(-c3ccc(N(C)C)cc3)c2C#N)cc1.CN(C)c1ccc(-c2cc(C#N)c(C#N)c(-c3ccc(N(C)C)cc3)c2C#N)cc1.CN(C)c1ccc(-c2cc(C#N)c(C#N)c(-c3ccc(N(C)C)cc3)c2C#N)cc1.ClCCCl. The van der Waals surface area contributed by atoms with Crippen LogP contribution in [0.25, 0.3) is 89.0 Å². The van der Waals surface area contributed by atoms with Gasteiger partial charge >= 0.3 is 0 Å². The molecular formula is C102H88Cl2N20. The number of hydrogen-bond donors (Lipinski definition) is 0. The van der Waals surface area contributed by atoms with E-state index in [1.165, 1.54) is 0 Å². The Morgan fingerprint density at radius 3 is 0.395 bits per heavy atom. The number of hydrogen-bond acceptors (Lipinski definition) is 20. The first-order valence-corrected chi connectivity index (χ1v) is 39.6. The molecule has 12 aromatic rings. The zero-order chi connectivity index (χ0) is 90.8. The first kappa shape index (κ1) is 93.0. The van der Waals surface area contributed by atoms with E-state index >= 15 is 0 Å². The van der Waals surface area contributed by atoms with Crippen molar-refractivity contribution in [1.29, 1.82) is 63.1 Å². The lowest BCUT2D eigenvalue weighted by atomic mass is 9.86. The number of benzene rings is 12. The summed E-state index contributed by atoms with van der Waals surface area (Å²) in [6, 6.07) is 94.4. The summed E-state index contributed by atoms with van der Waals surface area (Å²) < 4.78 is 0. The zero-order valence-corrected chi connectivity index (χ0v) is 73.4. The second-order valence-corrected chi connectivity index (χ2v) is 30.4. The summed E-state index contributed by atoms with van der Waals surface area (Å²) in [5, 5.41) is 118. The molecule has 0 aromatic heterocycles. The lowest BCUT2D eigenvalue weighted by Crippen LogP contribution is -2.08. The maximum atomic E-state index is 10.0. The van der Waals surface area contributed by atoms with Crippen LogP contribution in [-0.4, -0.2) is 125 Å². The number of alkyl halides is 2. The molecule has 0 heterocycles. The molecule has 0 atom stereocenters. The predicted molar refractivity (Wildman–Crippen MR) is 502 cm³/mol. The van der Waals surface area contributed by atoms with Gasteiger partial charge in [0.1, 0.15) is 72.8 Å². The quantitative estimate of drug-likeness (QED) is 0.0765. The molecule has 0 fully saturated rings. The van der Waals surface area contributed by atoms with Crippen LogP contribution in [0.4, 0.5) is 45.5 Å². The lowest BCUT2D eigenvalue weighted by Gasteiger charge is -2.17. The van der Waals surface area contributed by atoms with Crippen LogP contribution in [0.3, 0.4) is 0 Å². The van der Waals surface area contributed by atoms with E-state index in [0.29, 0.717) is 78.5 Å². The van der Waals surface area contributed by atoms with Crippen molar-refractivity contribution in [2.24, 2.45) is 0 Å². The third-order valence-electron chi connectivity index (χ3n) is 20.2. The van der Waals surface area contributed by atoms with Gasteiger partial charge in [-0.3, -0.25) is 0 Å². The lowest BCUT2D eigenvalue weighted by molar-refractivity contribution is 1.13. The topological polar surface area (TPSA) is 311 Å². The van der Waals surface area contributed by atoms with Gasteiger partial charge in [-0.05, 0) is 166 Å². The molecule has 0 aliphatic heterocycles. The molecular weight excluding hydrogens is 1580 g/mol. The van der Waals surface area contributed by atoms with Crippen LogP contribution in [-0.2, 0) is 0 Å². The molecule has 20 nitrogen and oxygen atoms in total. The standard InChI is InChI=1S/4C25H21N5.C2H4Cl2/c4*1-29(2)20-9-5-17(6-10-20)22-13-19(14-26)23(15-27)25(24(22)16-28)18-7-11-21(12-8-18)30(3)4;3-1-2-4/h4*5-13H,1-4H3;1-2H2. The van der Waals surface area contributed by atoms with Gasteiger partial charge in [-0.15, -0.1) is 23.2 Å². The van der Waals surface area contributed by atoms with E-state index in [-0.39, 0.29) is 44.5 Å². The molecule has 0 spiro atoms. The molecule has 0 aliphatic rings. The van der Waals surface area contributed by atoms with Gasteiger partial charge in [0.25, 0.3) is 0 Å². The van der Waals surface area contributed by atoms with Gasteiger partial charge in [0.2, 0.25) is 0 Å². The van der Waals surface area contributed by atoms with Gasteiger partial charge in [0.15, 0.2) is 0 Å². The predicted octanol–water partition coefficient (Wildman–Crippen LogP) is 20.5. The van der Waals surface area contributed by atoms with E-state index in [0.717, 1.165) is 90.0 Å². The Morgan fingerprint density at radius 2 is 0.298 bits per heavy atom. The molecule has 610 valence electrons. The molecule has 0 amide bonds. The Morgan fingerprint density at radius 1 is 0.177 bits per heavy atom. The maximum absolute atomic E-state index is 10.0. The Kier molecular flexibility index (Phi) is 32.5. The molecule has 0 unspecified atom stereocenters. The van der Waals surface area contributed by atoms with E-state index < -0.39 is 0 Å². The van der Waals surface area contributed by atoms with Crippen LogP contribution in [0.15, 0.2) is 218 Å². The summed E-state index contributed by atoms with van der Waals surface area (Å²) in [4.78, 5) is 15.9. The third kappa shape index (κ3) is 21.3. The van der Waals surface area contributed by atoms with Gasteiger partial charge in [0, 0.05) is 215 Å². The van der Waals surface area contributed by atoms with Gasteiger partial charge < -0.3 is 39.2 Å². The number of rotatable bonds is 17. The van der Waals surface area contributed by atoms with Crippen molar-refractivity contribution in [1.82, 2.24) is 0 Å². The van der Waals surface area contributed by atoms with E-state index in [1.54, 1.807) is 24.3 Å². The zero-order valence-electron chi connectivity index (χ0n) is 71.9. The fourth-order valence-electron chi connectivity index (χ4n) is 13.5. The molecule has 0 saturated heterocycles. The Balaban J connectivity index is 0.000000202. The van der Waals surface area contributed by atoms with E-state index in [2.05, 4.69) is 72.8 Å². The Hall–Kier alpha value is -16.5. The molecule has 124 heavy (non-hydrogen) atoms. The van der Waals surface area contributed by atoms with Crippen LogP contribution in [0.1, 0.15) is 66.8 Å². The summed E-state index contributed by atoms with van der Waals surface area (Å²) in [7, 11) is 31.2. The minimum absolute atomic E-state index is 0.223. The van der Waals surface area contributed by atoms with Crippen molar-refractivity contribution >= 4 is 68.7 Å². The Bertz CT molecular complexity index is 5640. The number of nitriles is 12. The van der Waals surface area contributed by atoms with Crippen molar-refractivity contribution in [2.45, 2.75) is 0 Å². The molecule has 12 rings (SSSR count). The highest BCUT2D eigenvalue weighted by atomic mass is 35.5. The van der Waals surface area contributed by atoms with Crippen LogP contribution in [0, 0.1) is 136 Å². The second-order valence-electron chi connectivity index (χ2n) is 29.6. The minimum Gasteiger partial charge on any atom is -0.378 e. The molecule has 0 N–H and O–H groups in total. The van der Waals surface area contributed by atoms with Crippen LogP contribution in [0.5, 0.6) is 0 Å². The van der Waals surface area contributed by atoms with Gasteiger partial charge in [-0.2, -0.15) is 63.1 Å². The first-order valence-electron chi connectivity index (χ1n) is 38.5. The third-order valence-corrected chi connectivity index (χ3v) is 20.8. The molecule has 0 radical (unpaired) electrons. The normalized spacial score (nSPS) is 9.82. The summed E-state index contributed by atoms with van der Waals surface area (Å²) in [5.74, 6) is 1.11. The van der Waals surface area contributed by atoms with Gasteiger partial charge in [0.05, 0.1) is 66.8 Å². The molecule has 0 aliphatic carbocycles. The average molecular weight is 1660 g/mol. The van der Waals surface area contributed by atoms with E-state index in [9.17, 15) is 63.1 Å². The van der Waals surface area contributed by atoms with Crippen molar-refractivity contribution in [2.75, 3.05) is 164 Å². The Labute approximate surface area is 737 Å². The van der Waals surface area contributed by atoms with Crippen LogP contribution < -0.4 is 39.2 Å². The van der Waals surface area contributed by atoms with Crippen molar-refractivity contribution in [3.8, 4) is 162 Å². The fourth-order valence-corrected chi connectivity index (χ4v) is 13.5. The minimum atomic E-state index is 0.223. The van der Waals surface area contributed by atoms with Gasteiger partial charge in [-0.25, -0.2) is 0 Å². The second kappa shape index (κ2) is 43.3. The number of halogens is 2. The maximum Gasteiger partial charge on any atom is 0.101 e. The average Bonchev–Trinajstić information content (AvgIpc) is 0.780. The summed E-state index contributed by atoms with van der Waals surface area (Å²) in [6.07, 6.45) is 0. The summed E-state index contributed by atoms with van der Waals surface area (Å²) >= 11 is 10.1. The summed E-state index contributed by atoms with van der Waals surface area (Å²) in [5.41, 5.74) is 22.4. The highest BCUT2D eigenvalue weighted by molar-refractivity contribution is 6.26. The highest BCUT2D eigenvalue weighted by Crippen LogP contribution is 2.44. The van der Waals surface area contributed by atoms with Crippen LogP contribution >= 0.6 is 23.2 Å². The largest absolute Gasteiger partial charge is 0.378 e.